The first-order chi connectivity index (χ1) is 10.7. The minimum atomic E-state index is -0.331. The fourth-order valence-corrected chi connectivity index (χ4v) is 3.50. The Hall–Kier alpha value is -1.95. The van der Waals surface area contributed by atoms with Gasteiger partial charge in [0.25, 0.3) is 11.5 Å². The molecule has 0 unspecified atom stereocenters. The molecule has 0 fully saturated rings. The van der Waals surface area contributed by atoms with Gasteiger partial charge in [0.15, 0.2) is 0 Å². The average Bonchev–Trinajstić information content (AvgIpc) is 3.00. The Morgan fingerprint density at radius 1 is 1.41 bits per heavy atom. The van der Waals surface area contributed by atoms with Crippen LogP contribution in [0.15, 0.2) is 16.2 Å². The molecule has 0 spiro atoms. The van der Waals surface area contributed by atoms with E-state index in [-0.39, 0.29) is 17.0 Å². The van der Waals surface area contributed by atoms with Crippen molar-refractivity contribution in [3.63, 3.8) is 0 Å². The Bertz CT molecular complexity index is 748. The maximum absolute atomic E-state index is 12.2. The number of H-pyrrole nitrogens is 1. The van der Waals surface area contributed by atoms with Crippen LogP contribution in [-0.4, -0.2) is 15.9 Å². The molecule has 0 radical (unpaired) electrons. The topological polar surface area (TPSA) is 74.8 Å². The van der Waals surface area contributed by atoms with E-state index in [1.807, 2.05) is 12.3 Å². The number of carbonyl (C=O) groups is 1. The summed E-state index contributed by atoms with van der Waals surface area (Å²) >= 11 is 1.53. The van der Waals surface area contributed by atoms with Crippen LogP contribution >= 0.6 is 11.3 Å². The molecule has 2 N–H and O–H groups in total. The summed E-state index contributed by atoms with van der Waals surface area (Å²) in [6.07, 6.45) is 4.91. The molecular formula is C16H19N3O2S. The number of aromatic nitrogens is 2. The van der Waals surface area contributed by atoms with Gasteiger partial charge in [-0.05, 0) is 43.7 Å². The van der Waals surface area contributed by atoms with Crippen molar-refractivity contribution in [2.24, 2.45) is 0 Å². The Kier molecular flexibility index (Phi) is 4.38. The second-order valence-corrected chi connectivity index (χ2v) is 6.43. The fraction of sp³-hybridized carbons (Fsp3) is 0.438. The minimum absolute atomic E-state index is 0.202. The first-order valence-corrected chi connectivity index (χ1v) is 8.52. The van der Waals surface area contributed by atoms with E-state index in [2.05, 4.69) is 15.3 Å². The van der Waals surface area contributed by atoms with Crippen LogP contribution in [0, 0.1) is 0 Å². The molecule has 0 saturated carbocycles. The van der Waals surface area contributed by atoms with Crippen molar-refractivity contribution in [3.05, 3.63) is 49.3 Å². The third-order valence-corrected chi connectivity index (χ3v) is 4.84. The number of pyridine rings is 1. The number of hydrogen-bond donors (Lipinski definition) is 2. The smallest absolute Gasteiger partial charge is 0.261 e. The van der Waals surface area contributed by atoms with Crippen LogP contribution in [0.4, 0.5) is 0 Å². The number of aromatic amines is 1. The molecule has 2 aromatic rings. The third-order valence-electron chi connectivity index (χ3n) is 3.94. The van der Waals surface area contributed by atoms with Crippen molar-refractivity contribution in [2.45, 2.75) is 45.6 Å². The summed E-state index contributed by atoms with van der Waals surface area (Å²) in [6, 6.07) is 1.75. The lowest BCUT2D eigenvalue weighted by molar-refractivity contribution is 0.0949. The quantitative estimate of drug-likeness (QED) is 0.908. The summed E-state index contributed by atoms with van der Waals surface area (Å²) in [4.78, 5) is 31.6. The maximum Gasteiger partial charge on any atom is 0.261 e. The number of aryl methyl sites for hydroxylation is 3. The van der Waals surface area contributed by atoms with Crippen molar-refractivity contribution in [3.8, 4) is 0 Å². The molecule has 0 aromatic carbocycles. The van der Waals surface area contributed by atoms with Gasteiger partial charge in [0, 0.05) is 11.1 Å². The number of rotatable bonds is 4. The average molecular weight is 317 g/mol. The number of carbonyl (C=O) groups excluding carboxylic acids is 1. The van der Waals surface area contributed by atoms with E-state index in [0.717, 1.165) is 54.1 Å². The van der Waals surface area contributed by atoms with Crippen LogP contribution in [0.25, 0.3) is 0 Å². The lowest BCUT2D eigenvalue weighted by atomic mass is 9.95. The highest BCUT2D eigenvalue weighted by atomic mass is 32.1. The van der Waals surface area contributed by atoms with E-state index >= 15 is 0 Å². The van der Waals surface area contributed by atoms with Gasteiger partial charge in [0.2, 0.25) is 0 Å². The van der Waals surface area contributed by atoms with Crippen LogP contribution in [0.5, 0.6) is 0 Å². The maximum atomic E-state index is 12.2. The van der Waals surface area contributed by atoms with Gasteiger partial charge in [-0.3, -0.25) is 9.59 Å². The van der Waals surface area contributed by atoms with E-state index < -0.39 is 0 Å². The van der Waals surface area contributed by atoms with Gasteiger partial charge in [-0.25, -0.2) is 4.98 Å². The van der Waals surface area contributed by atoms with E-state index in [1.54, 1.807) is 6.07 Å². The zero-order chi connectivity index (χ0) is 15.5. The van der Waals surface area contributed by atoms with Crippen LogP contribution in [0.1, 0.15) is 52.1 Å². The monoisotopic (exact) mass is 317 g/mol. The van der Waals surface area contributed by atoms with E-state index in [1.165, 1.54) is 11.3 Å². The molecule has 2 aromatic heterocycles. The molecule has 5 nitrogen and oxygen atoms in total. The molecule has 116 valence electrons. The Labute approximate surface area is 132 Å². The van der Waals surface area contributed by atoms with Crippen LogP contribution in [-0.2, 0) is 25.8 Å². The molecule has 0 bridgehead atoms. The van der Waals surface area contributed by atoms with E-state index in [0.29, 0.717) is 6.54 Å². The summed E-state index contributed by atoms with van der Waals surface area (Å²) in [6.45, 7) is 2.41. The SMILES string of the molecule is CCc1csc(CNC(=O)c2cc3c([nH]c2=O)CCCC3)n1. The summed E-state index contributed by atoms with van der Waals surface area (Å²) < 4.78 is 0. The van der Waals surface area contributed by atoms with Gasteiger partial charge in [0.05, 0.1) is 12.2 Å². The first kappa shape index (κ1) is 15.0. The zero-order valence-electron chi connectivity index (χ0n) is 12.6. The largest absolute Gasteiger partial charge is 0.345 e. The first-order valence-electron chi connectivity index (χ1n) is 7.64. The molecule has 1 amide bonds. The van der Waals surface area contributed by atoms with Gasteiger partial charge >= 0.3 is 0 Å². The molecule has 0 aliphatic heterocycles. The van der Waals surface area contributed by atoms with E-state index in [9.17, 15) is 9.59 Å². The van der Waals surface area contributed by atoms with Gasteiger partial charge < -0.3 is 10.3 Å². The molecule has 0 saturated heterocycles. The Morgan fingerprint density at radius 2 is 2.23 bits per heavy atom. The van der Waals surface area contributed by atoms with Crippen molar-refractivity contribution in [2.75, 3.05) is 0 Å². The van der Waals surface area contributed by atoms with Crippen molar-refractivity contribution in [1.82, 2.24) is 15.3 Å². The fourth-order valence-electron chi connectivity index (χ4n) is 2.69. The molecule has 1 aliphatic rings. The zero-order valence-corrected chi connectivity index (χ0v) is 13.4. The highest BCUT2D eigenvalue weighted by Crippen LogP contribution is 2.18. The number of nitrogens with zero attached hydrogens (tertiary/aromatic N) is 1. The summed E-state index contributed by atoms with van der Waals surface area (Å²) in [5.74, 6) is -0.331. The van der Waals surface area contributed by atoms with Crippen molar-refractivity contribution < 1.29 is 4.79 Å². The normalized spacial score (nSPS) is 13.7. The van der Waals surface area contributed by atoms with Crippen LogP contribution < -0.4 is 10.9 Å². The van der Waals surface area contributed by atoms with Gasteiger partial charge in [0.1, 0.15) is 10.6 Å². The summed E-state index contributed by atoms with van der Waals surface area (Å²) in [7, 11) is 0. The summed E-state index contributed by atoms with van der Waals surface area (Å²) in [5.41, 5.74) is 3.01. The van der Waals surface area contributed by atoms with Gasteiger partial charge in [-0.15, -0.1) is 11.3 Å². The van der Waals surface area contributed by atoms with Gasteiger partial charge in [-0.1, -0.05) is 6.92 Å². The van der Waals surface area contributed by atoms with Gasteiger partial charge in [-0.2, -0.15) is 0 Å². The van der Waals surface area contributed by atoms with E-state index in [4.69, 9.17) is 0 Å². The number of fused-ring (bicyclic) bond motifs is 1. The lowest BCUT2D eigenvalue weighted by Gasteiger charge is -2.15. The number of thiazole rings is 1. The lowest BCUT2D eigenvalue weighted by Crippen LogP contribution is -2.30. The van der Waals surface area contributed by atoms with Crippen molar-refractivity contribution in [1.29, 1.82) is 0 Å². The number of amides is 1. The number of nitrogens with one attached hydrogen (secondary N) is 2. The highest BCUT2D eigenvalue weighted by Gasteiger charge is 2.17. The third kappa shape index (κ3) is 3.11. The molecule has 2 heterocycles. The summed E-state index contributed by atoms with van der Waals surface area (Å²) in [5, 5.41) is 5.64. The Balaban J connectivity index is 1.73. The molecule has 1 aliphatic carbocycles. The molecule has 0 atom stereocenters. The molecule has 6 heteroatoms. The molecule has 22 heavy (non-hydrogen) atoms. The second-order valence-electron chi connectivity index (χ2n) is 5.49. The predicted molar refractivity (Wildman–Crippen MR) is 86.4 cm³/mol. The highest BCUT2D eigenvalue weighted by molar-refractivity contribution is 7.09. The number of hydrogen-bond acceptors (Lipinski definition) is 4. The predicted octanol–water partition coefficient (Wildman–Crippen LogP) is 2.20. The van der Waals surface area contributed by atoms with Crippen molar-refractivity contribution >= 4 is 17.2 Å². The standard InChI is InChI=1S/C16H19N3O2S/c1-2-11-9-22-14(18-11)8-17-15(20)12-7-10-5-3-4-6-13(10)19-16(12)21/h7,9H,2-6,8H2,1H3,(H,17,20)(H,19,21). The Morgan fingerprint density at radius 3 is 3.00 bits per heavy atom. The second kappa shape index (κ2) is 6.44. The molecule has 3 rings (SSSR count). The van der Waals surface area contributed by atoms with Crippen LogP contribution in [0.2, 0.25) is 0 Å². The minimum Gasteiger partial charge on any atom is -0.345 e. The van der Waals surface area contributed by atoms with Crippen LogP contribution in [0.3, 0.4) is 0 Å². The molecular weight excluding hydrogens is 298 g/mol.